The Morgan fingerprint density at radius 2 is 1.21 bits per heavy atom. The summed E-state index contributed by atoms with van der Waals surface area (Å²) in [6, 6.07) is 8.18. The SMILES string of the molecule is CC(=O)Oc1cc(-c2cc(=O)c3c(OC(C)=O)cccc3o2)cc(OC(C)=O)c1OC(C)=O. The zero-order valence-corrected chi connectivity index (χ0v) is 18.0. The molecule has 0 saturated carbocycles. The highest BCUT2D eigenvalue weighted by atomic mass is 16.6. The molecular formula is C23H18O10. The number of hydrogen-bond donors (Lipinski definition) is 0. The molecule has 0 amide bonds. The van der Waals surface area contributed by atoms with Gasteiger partial charge >= 0.3 is 23.9 Å². The molecule has 10 nitrogen and oxygen atoms in total. The Balaban J connectivity index is 2.25. The maximum atomic E-state index is 12.8. The fourth-order valence-corrected chi connectivity index (χ4v) is 2.98. The van der Waals surface area contributed by atoms with Crippen molar-refractivity contribution in [2.24, 2.45) is 0 Å². The number of esters is 4. The number of benzene rings is 2. The van der Waals surface area contributed by atoms with Crippen molar-refractivity contribution >= 4 is 34.8 Å². The molecule has 2 aromatic carbocycles. The van der Waals surface area contributed by atoms with Crippen molar-refractivity contribution < 1.29 is 42.5 Å². The van der Waals surface area contributed by atoms with E-state index in [1.54, 1.807) is 0 Å². The fourth-order valence-electron chi connectivity index (χ4n) is 2.98. The molecule has 3 rings (SSSR count). The third kappa shape index (κ3) is 5.42. The number of fused-ring (bicyclic) bond motifs is 1. The summed E-state index contributed by atoms with van der Waals surface area (Å²) < 4.78 is 26.2. The molecule has 0 aliphatic rings. The Hall–Kier alpha value is -4.47. The predicted molar refractivity (Wildman–Crippen MR) is 113 cm³/mol. The van der Waals surface area contributed by atoms with Gasteiger partial charge in [-0.05, 0) is 24.3 Å². The summed E-state index contributed by atoms with van der Waals surface area (Å²) in [6.45, 7) is 4.57. The van der Waals surface area contributed by atoms with E-state index in [1.165, 1.54) is 37.3 Å². The molecule has 1 aromatic heterocycles. The summed E-state index contributed by atoms with van der Waals surface area (Å²) in [5.74, 6) is -3.54. The van der Waals surface area contributed by atoms with Crippen molar-refractivity contribution in [3.63, 3.8) is 0 Å². The maximum Gasteiger partial charge on any atom is 0.308 e. The summed E-state index contributed by atoms with van der Waals surface area (Å²) in [6.07, 6.45) is 0. The highest BCUT2D eigenvalue weighted by Crippen LogP contribution is 2.42. The normalized spacial score (nSPS) is 10.4. The van der Waals surface area contributed by atoms with Crippen LogP contribution in [0.2, 0.25) is 0 Å². The molecule has 0 aliphatic carbocycles. The van der Waals surface area contributed by atoms with Gasteiger partial charge in [0.05, 0.1) is 0 Å². The first-order valence-corrected chi connectivity index (χ1v) is 9.54. The van der Waals surface area contributed by atoms with E-state index in [2.05, 4.69) is 0 Å². The van der Waals surface area contributed by atoms with Crippen LogP contribution in [0.25, 0.3) is 22.3 Å². The minimum Gasteiger partial charge on any atom is -0.456 e. The summed E-state index contributed by atoms with van der Waals surface area (Å²) >= 11 is 0. The number of rotatable bonds is 5. The average molecular weight is 454 g/mol. The molecule has 0 atom stereocenters. The predicted octanol–water partition coefficient (Wildman–Crippen LogP) is 3.16. The summed E-state index contributed by atoms with van der Waals surface area (Å²) in [7, 11) is 0. The van der Waals surface area contributed by atoms with Gasteiger partial charge in [0.15, 0.2) is 16.9 Å². The van der Waals surface area contributed by atoms with E-state index in [0.717, 1.165) is 26.8 Å². The minimum atomic E-state index is -0.750. The Morgan fingerprint density at radius 3 is 1.73 bits per heavy atom. The number of ether oxygens (including phenoxy) is 4. The van der Waals surface area contributed by atoms with Crippen molar-refractivity contribution in [2.45, 2.75) is 27.7 Å². The quantitative estimate of drug-likeness (QED) is 0.418. The minimum absolute atomic E-state index is 0.0173. The standard InChI is InChI=1S/C23H18O10/c1-11(24)29-17-6-5-7-18-22(17)16(28)10-19(33-18)15-8-20(30-12(2)25)23(32-14(4)27)21(9-15)31-13(3)26/h5-10H,1-4H3. The maximum absolute atomic E-state index is 12.8. The van der Waals surface area contributed by atoms with E-state index in [9.17, 15) is 24.0 Å². The van der Waals surface area contributed by atoms with Gasteiger partial charge in [-0.25, -0.2) is 0 Å². The van der Waals surface area contributed by atoms with Crippen LogP contribution >= 0.6 is 0 Å². The van der Waals surface area contributed by atoms with Gasteiger partial charge in [-0.1, -0.05) is 6.07 Å². The second-order valence-electron chi connectivity index (χ2n) is 6.78. The van der Waals surface area contributed by atoms with E-state index in [4.69, 9.17) is 23.4 Å². The second-order valence-corrected chi connectivity index (χ2v) is 6.78. The zero-order valence-electron chi connectivity index (χ0n) is 18.0. The van der Waals surface area contributed by atoms with E-state index in [-0.39, 0.29) is 45.3 Å². The van der Waals surface area contributed by atoms with Crippen molar-refractivity contribution in [1.29, 1.82) is 0 Å². The van der Waals surface area contributed by atoms with Gasteiger partial charge in [-0.2, -0.15) is 0 Å². The Labute approximate surface area is 186 Å². The molecule has 0 radical (unpaired) electrons. The molecule has 0 aliphatic heterocycles. The Kier molecular flexibility index (Phi) is 6.57. The third-order valence-corrected chi connectivity index (χ3v) is 4.03. The van der Waals surface area contributed by atoms with Crippen LogP contribution < -0.4 is 24.4 Å². The molecule has 0 bridgehead atoms. The fraction of sp³-hybridized carbons (Fsp3) is 0.174. The third-order valence-electron chi connectivity index (χ3n) is 4.03. The first kappa shape index (κ1) is 23.2. The van der Waals surface area contributed by atoms with Gasteiger partial charge in [-0.15, -0.1) is 0 Å². The number of carbonyl (C=O) groups is 4. The molecule has 0 saturated heterocycles. The lowest BCUT2D eigenvalue weighted by atomic mass is 10.1. The van der Waals surface area contributed by atoms with Crippen LogP contribution in [-0.2, 0) is 19.2 Å². The molecule has 10 heteroatoms. The largest absolute Gasteiger partial charge is 0.456 e. The van der Waals surface area contributed by atoms with Crippen LogP contribution in [0.15, 0.2) is 45.6 Å². The van der Waals surface area contributed by atoms with Gasteiger partial charge in [0.2, 0.25) is 5.75 Å². The summed E-state index contributed by atoms with van der Waals surface area (Å²) in [5.41, 5.74) is -0.228. The smallest absolute Gasteiger partial charge is 0.308 e. The van der Waals surface area contributed by atoms with Crippen LogP contribution in [0.1, 0.15) is 27.7 Å². The topological polar surface area (TPSA) is 135 Å². The highest BCUT2D eigenvalue weighted by molar-refractivity contribution is 5.88. The van der Waals surface area contributed by atoms with Crippen molar-refractivity contribution in [2.75, 3.05) is 0 Å². The molecule has 170 valence electrons. The molecule has 0 fully saturated rings. The molecular weight excluding hydrogens is 436 g/mol. The van der Waals surface area contributed by atoms with Crippen LogP contribution in [0, 0.1) is 0 Å². The average Bonchev–Trinajstić information content (AvgIpc) is 2.68. The van der Waals surface area contributed by atoms with Gasteiger partial charge in [-0.3, -0.25) is 24.0 Å². The Bertz CT molecular complexity index is 1310. The van der Waals surface area contributed by atoms with E-state index >= 15 is 0 Å². The molecule has 0 N–H and O–H groups in total. The molecule has 1 heterocycles. The van der Waals surface area contributed by atoms with E-state index < -0.39 is 29.3 Å². The highest BCUT2D eigenvalue weighted by Gasteiger charge is 2.22. The monoisotopic (exact) mass is 454 g/mol. The van der Waals surface area contributed by atoms with Gasteiger partial charge in [0, 0.05) is 39.3 Å². The number of hydrogen-bond acceptors (Lipinski definition) is 10. The summed E-state index contributed by atoms with van der Waals surface area (Å²) in [4.78, 5) is 58.9. The number of carbonyl (C=O) groups excluding carboxylic acids is 4. The summed E-state index contributed by atoms with van der Waals surface area (Å²) in [5, 5.41) is 0.0494. The van der Waals surface area contributed by atoms with Crippen LogP contribution in [-0.4, -0.2) is 23.9 Å². The molecule has 3 aromatic rings. The van der Waals surface area contributed by atoms with E-state index in [0.29, 0.717) is 0 Å². The van der Waals surface area contributed by atoms with Crippen molar-refractivity contribution in [3.8, 4) is 34.3 Å². The van der Waals surface area contributed by atoms with Gasteiger partial charge < -0.3 is 23.4 Å². The van der Waals surface area contributed by atoms with Gasteiger partial charge in [0.25, 0.3) is 0 Å². The lowest BCUT2D eigenvalue weighted by molar-refractivity contribution is -0.135. The molecule has 0 spiro atoms. The van der Waals surface area contributed by atoms with Crippen LogP contribution in [0.3, 0.4) is 0 Å². The van der Waals surface area contributed by atoms with Crippen molar-refractivity contribution in [1.82, 2.24) is 0 Å². The van der Waals surface area contributed by atoms with Crippen molar-refractivity contribution in [3.05, 3.63) is 46.6 Å². The van der Waals surface area contributed by atoms with Gasteiger partial charge in [0.1, 0.15) is 22.5 Å². The second kappa shape index (κ2) is 9.35. The zero-order chi connectivity index (χ0) is 24.3. The Morgan fingerprint density at radius 1 is 0.697 bits per heavy atom. The lowest BCUT2D eigenvalue weighted by Gasteiger charge is -2.15. The molecule has 0 unspecified atom stereocenters. The van der Waals surface area contributed by atoms with E-state index in [1.807, 2.05) is 0 Å². The molecule has 33 heavy (non-hydrogen) atoms. The first-order valence-electron chi connectivity index (χ1n) is 9.54. The lowest BCUT2D eigenvalue weighted by Crippen LogP contribution is -2.11. The first-order chi connectivity index (χ1) is 15.5. The van der Waals surface area contributed by atoms with Crippen LogP contribution in [0.5, 0.6) is 23.0 Å². The van der Waals surface area contributed by atoms with Crippen LogP contribution in [0.4, 0.5) is 0 Å².